The molecule has 0 saturated carbocycles. The monoisotopic (exact) mass is 482 g/mol. The van der Waals surface area contributed by atoms with Crippen LogP contribution in [0.1, 0.15) is 0 Å². The van der Waals surface area contributed by atoms with Crippen LogP contribution in [-0.2, 0) is 4.57 Å². The van der Waals surface area contributed by atoms with E-state index in [0.717, 1.165) is 32.6 Å². The van der Waals surface area contributed by atoms with Gasteiger partial charge in [-0.25, -0.2) is 0 Å². The third-order valence-electron chi connectivity index (χ3n) is 7.30. The molecule has 2 aliphatic rings. The lowest BCUT2D eigenvalue weighted by Crippen LogP contribution is -2.35. The van der Waals surface area contributed by atoms with Crippen LogP contribution in [0.15, 0.2) is 115 Å². The molecule has 1 unspecified atom stereocenters. The van der Waals surface area contributed by atoms with Gasteiger partial charge in [-0.15, -0.1) is 0 Å². The lowest BCUT2D eigenvalue weighted by atomic mass is 10.00. The van der Waals surface area contributed by atoms with Gasteiger partial charge in [-0.05, 0) is 58.1 Å². The summed E-state index contributed by atoms with van der Waals surface area (Å²) in [4.78, 5) is 0. The van der Waals surface area contributed by atoms with E-state index >= 15 is 4.57 Å². The molecule has 0 saturated heterocycles. The van der Waals surface area contributed by atoms with Crippen LogP contribution in [0.2, 0.25) is 0 Å². The Kier molecular flexibility index (Phi) is 3.93. The number of hydrogen-bond donors (Lipinski definition) is 0. The summed E-state index contributed by atoms with van der Waals surface area (Å²) < 4.78 is 28.5. The minimum Gasteiger partial charge on any atom is -0.456 e. The highest BCUT2D eigenvalue weighted by Gasteiger charge is 2.47. The number of fused-ring (bicyclic) bond motifs is 7. The summed E-state index contributed by atoms with van der Waals surface area (Å²) in [5, 5.41) is 6.41. The maximum Gasteiger partial charge on any atom is 0.185 e. The van der Waals surface area contributed by atoms with Crippen LogP contribution in [0.4, 0.5) is 0 Å². The molecule has 2 heterocycles. The zero-order valence-corrected chi connectivity index (χ0v) is 20.0. The van der Waals surface area contributed by atoms with Crippen molar-refractivity contribution in [2.75, 3.05) is 0 Å². The van der Waals surface area contributed by atoms with Gasteiger partial charge in [0.25, 0.3) is 0 Å². The van der Waals surface area contributed by atoms with E-state index in [9.17, 15) is 0 Å². The maximum atomic E-state index is 15.4. The van der Waals surface area contributed by atoms with Crippen molar-refractivity contribution in [3.63, 3.8) is 0 Å². The fourth-order valence-electron chi connectivity index (χ4n) is 5.60. The molecular weight excluding hydrogens is 463 g/mol. The van der Waals surface area contributed by atoms with Crippen molar-refractivity contribution in [1.29, 1.82) is 0 Å². The Balaban J connectivity index is 1.49. The van der Waals surface area contributed by atoms with Crippen molar-refractivity contribution in [2.24, 2.45) is 0 Å². The van der Waals surface area contributed by atoms with Crippen LogP contribution in [0.25, 0.3) is 32.7 Å². The summed E-state index contributed by atoms with van der Waals surface area (Å²) in [6.45, 7) is 0. The van der Waals surface area contributed by atoms with E-state index in [-0.39, 0.29) is 0 Å². The molecule has 0 fully saturated rings. The molecule has 0 aliphatic carbocycles. The molecule has 0 aromatic heterocycles. The zero-order chi connectivity index (χ0) is 23.9. The van der Waals surface area contributed by atoms with Gasteiger partial charge in [0.15, 0.2) is 7.14 Å². The quantitative estimate of drug-likeness (QED) is 0.227. The van der Waals surface area contributed by atoms with Gasteiger partial charge in [-0.1, -0.05) is 78.9 Å². The van der Waals surface area contributed by atoms with Gasteiger partial charge in [0.05, 0.1) is 10.6 Å². The van der Waals surface area contributed by atoms with E-state index in [0.29, 0.717) is 33.6 Å². The largest absolute Gasteiger partial charge is 0.456 e. The average Bonchev–Trinajstić information content (AvgIpc) is 2.93. The van der Waals surface area contributed by atoms with Crippen LogP contribution < -0.4 is 25.4 Å². The molecule has 8 rings (SSSR count). The van der Waals surface area contributed by atoms with Crippen molar-refractivity contribution in [2.45, 2.75) is 0 Å². The summed E-state index contributed by atoms with van der Waals surface area (Å²) >= 11 is 0. The Labute approximate surface area is 207 Å². The summed E-state index contributed by atoms with van der Waals surface area (Å²) in [7, 11) is -3.26. The Morgan fingerprint density at radius 1 is 0.528 bits per heavy atom. The molecule has 0 N–H and O–H groups in total. The number of benzene rings is 6. The standard InChI is InChI=1S/C32H19O3P/c33-36-28-12-6-5-11-26(28)34-27-17-16-25(23-14-13-20-7-1-2-9-22(20)19-23)31(32(27)36)35-30-24-10-4-3-8-21(24)15-18-29(30)36/h1-19H. The Morgan fingerprint density at radius 2 is 1.28 bits per heavy atom. The fourth-order valence-corrected chi connectivity index (χ4v) is 8.69. The third-order valence-corrected chi connectivity index (χ3v) is 10.4. The second-order valence-corrected chi connectivity index (χ2v) is 11.9. The minimum atomic E-state index is -3.26. The van der Waals surface area contributed by atoms with Gasteiger partial charge in [0.1, 0.15) is 28.3 Å². The van der Waals surface area contributed by atoms with E-state index in [2.05, 4.69) is 36.4 Å². The van der Waals surface area contributed by atoms with E-state index in [1.54, 1.807) is 0 Å². The zero-order valence-electron chi connectivity index (χ0n) is 19.1. The molecule has 0 radical (unpaired) electrons. The van der Waals surface area contributed by atoms with Gasteiger partial charge in [-0.3, -0.25) is 0 Å². The van der Waals surface area contributed by atoms with Gasteiger partial charge < -0.3 is 14.0 Å². The molecule has 170 valence electrons. The first-order chi connectivity index (χ1) is 17.7. The molecule has 36 heavy (non-hydrogen) atoms. The highest BCUT2D eigenvalue weighted by atomic mass is 31.2. The molecular formula is C32H19O3P. The molecule has 1 atom stereocenters. The Morgan fingerprint density at radius 3 is 2.19 bits per heavy atom. The first-order valence-corrected chi connectivity index (χ1v) is 13.7. The topological polar surface area (TPSA) is 35.5 Å². The molecule has 6 aromatic rings. The van der Waals surface area contributed by atoms with Crippen molar-refractivity contribution in [1.82, 2.24) is 0 Å². The van der Waals surface area contributed by atoms with Gasteiger partial charge in [-0.2, -0.15) is 0 Å². The van der Waals surface area contributed by atoms with E-state index in [1.165, 1.54) is 5.39 Å². The van der Waals surface area contributed by atoms with Crippen molar-refractivity contribution >= 4 is 44.6 Å². The summed E-state index contributed by atoms with van der Waals surface area (Å²) in [5.41, 5.74) is 1.92. The van der Waals surface area contributed by atoms with E-state index in [1.807, 2.05) is 78.9 Å². The molecule has 0 bridgehead atoms. The van der Waals surface area contributed by atoms with Gasteiger partial charge >= 0.3 is 0 Å². The predicted molar refractivity (Wildman–Crippen MR) is 146 cm³/mol. The van der Waals surface area contributed by atoms with Crippen molar-refractivity contribution in [3.8, 4) is 34.1 Å². The lowest BCUT2D eigenvalue weighted by molar-refractivity contribution is 0.465. The van der Waals surface area contributed by atoms with Crippen molar-refractivity contribution in [3.05, 3.63) is 115 Å². The molecule has 6 aromatic carbocycles. The lowest BCUT2D eigenvalue weighted by Gasteiger charge is -2.35. The van der Waals surface area contributed by atoms with Gasteiger partial charge in [0, 0.05) is 10.9 Å². The number of para-hydroxylation sites is 1. The summed E-state index contributed by atoms with van der Waals surface area (Å²) in [6.07, 6.45) is 0. The average molecular weight is 482 g/mol. The van der Waals surface area contributed by atoms with Gasteiger partial charge in [0.2, 0.25) is 0 Å². The SMILES string of the molecule is O=P12c3ccccc3Oc3ccc(-c4ccc5ccccc5c4)c(c31)Oc1c2ccc2ccccc12. The Bertz CT molecular complexity index is 1940. The molecule has 4 heteroatoms. The minimum absolute atomic E-state index is 0.593. The number of ether oxygens (including phenoxy) is 2. The number of hydrogen-bond acceptors (Lipinski definition) is 3. The van der Waals surface area contributed by atoms with Crippen LogP contribution in [0, 0.1) is 0 Å². The van der Waals surface area contributed by atoms with E-state index in [4.69, 9.17) is 9.47 Å². The van der Waals surface area contributed by atoms with Crippen LogP contribution >= 0.6 is 7.14 Å². The van der Waals surface area contributed by atoms with Crippen molar-refractivity contribution < 1.29 is 14.0 Å². The Hall–Kier alpha value is -4.33. The van der Waals surface area contributed by atoms with Crippen LogP contribution in [0.5, 0.6) is 23.0 Å². The van der Waals surface area contributed by atoms with E-state index < -0.39 is 7.14 Å². The third kappa shape index (κ3) is 2.56. The highest BCUT2D eigenvalue weighted by molar-refractivity contribution is 7.86. The first-order valence-electron chi connectivity index (χ1n) is 12.0. The molecule has 2 aliphatic heterocycles. The number of rotatable bonds is 1. The summed E-state index contributed by atoms with van der Waals surface area (Å²) in [6, 6.07) is 38.4. The normalized spacial score (nSPS) is 17.0. The van der Waals surface area contributed by atoms with Crippen LogP contribution in [0.3, 0.4) is 0 Å². The molecule has 0 spiro atoms. The smallest absolute Gasteiger partial charge is 0.185 e. The molecule has 3 nitrogen and oxygen atoms in total. The second kappa shape index (κ2) is 7.10. The van der Waals surface area contributed by atoms with Crippen LogP contribution in [-0.4, -0.2) is 0 Å². The maximum absolute atomic E-state index is 15.4. The predicted octanol–water partition coefficient (Wildman–Crippen LogP) is 7.51. The highest BCUT2D eigenvalue weighted by Crippen LogP contribution is 2.60. The first kappa shape index (κ1) is 19.9. The fraction of sp³-hybridized carbons (Fsp3) is 0. The summed E-state index contributed by atoms with van der Waals surface area (Å²) in [5.74, 6) is 2.51. The molecule has 0 amide bonds. The second-order valence-electron chi connectivity index (χ2n) is 9.27.